The molecule has 0 saturated heterocycles. The fraction of sp³-hybridized carbons (Fsp3) is 0.350. The first-order valence-corrected chi connectivity index (χ1v) is 9.02. The molecule has 1 atom stereocenters. The molecule has 0 fully saturated rings. The molecule has 1 aliphatic rings. The highest BCUT2D eigenvalue weighted by Gasteiger charge is 2.36. The van der Waals surface area contributed by atoms with Crippen LogP contribution < -0.4 is 10.6 Å². The summed E-state index contributed by atoms with van der Waals surface area (Å²) in [6.45, 7) is 3.22. The lowest BCUT2D eigenvalue weighted by Crippen LogP contribution is -2.40. The van der Waals surface area contributed by atoms with Crippen LogP contribution >= 0.6 is 0 Å². The first-order chi connectivity index (χ1) is 14.2. The number of carbonyl (C=O) groups excluding carboxylic acids is 5. The number of rotatable bonds is 6. The summed E-state index contributed by atoms with van der Waals surface area (Å²) in [4.78, 5) is 61.0. The lowest BCUT2D eigenvalue weighted by atomic mass is 9.89. The van der Waals surface area contributed by atoms with Gasteiger partial charge in [0.05, 0.1) is 43.4 Å². The zero-order chi connectivity index (χ0) is 22.4. The van der Waals surface area contributed by atoms with Crippen molar-refractivity contribution in [3.8, 4) is 0 Å². The third kappa shape index (κ3) is 5.02. The molecule has 1 aromatic rings. The largest absolute Gasteiger partial charge is 0.465 e. The molecular weight excluding hydrogens is 396 g/mol. The molecule has 2 rings (SSSR count). The van der Waals surface area contributed by atoms with Crippen molar-refractivity contribution >= 4 is 35.4 Å². The number of esters is 3. The summed E-state index contributed by atoms with van der Waals surface area (Å²) in [5.74, 6) is -4.38. The number of benzene rings is 1. The summed E-state index contributed by atoms with van der Waals surface area (Å²) in [6, 6.07) is 3.87. The molecule has 0 spiro atoms. The van der Waals surface area contributed by atoms with Gasteiger partial charge in [0.15, 0.2) is 0 Å². The molecule has 1 aliphatic heterocycles. The van der Waals surface area contributed by atoms with Crippen LogP contribution in [0.3, 0.4) is 0 Å². The Balaban J connectivity index is 2.40. The summed E-state index contributed by atoms with van der Waals surface area (Å²) < 4.78 is 14.3. The van der Waals surface area contributed by atoms with E-state index in [9.17, 15) is 24.0 Å². The van der Waals surface area contributed by atoms with Crippen LogP contribution in [-0.4, -0.2) is 50.5 Å². The summed E-state index contributed by atoms with van der Waals surface area (Å²) in [5, 5.41) is 5.06. The van der Waals surface area contributed by atoms with E-state index in [0.29, 0.717) is 0 Å². The molecule has 0 saturated carbocycles. The van der Waals surface area contributed by atoms with Gasteiger partial charge in [-0.1, -0.05) is 0 Å². The normalized spacial score (nSPS) is 15.7. The fourth-order valence-corrected chi connectivity index (χ4v) is 3.00. The number of amides is 2. The number of allylic oxidation sites excluding steroid dienone is 1. The Bertz CT molecular complexity index is 900. The van der Waals surface area contributed by atoms with E-state index in [4.69, 9.17) is 4.74 Å². The standard InChI is InChI=1S/C20H22N2O8/c1-5-30-20(27)16-10(2)21-15(23)9-14(16)17(24)22-13-7-11(18(25)28-3)6-12(8-13)19(26)29-4/h6-8,14H,5,9H2,1-4H3,(H,21,23)(H,22,24)/t14-/m0/s1. The van der Waals surface area contributed by atoms with Gasteiger partial charge >= 0.3 is 17.9 Å². The minimum Gasteiger partial charge on any atom is -0.465 e. The highest BCUT2D eigenvalue weighted by molar-refractivity contribution is 6.07. The van der Waals surface area contributed by atoms with Crippen LogP contribution in [-0.2, 0) is 28.6 Å². The predicted octanol–water partition coefficient (Wildman–Crippen LogP) is 1.17. The molecule has 0 aromatic heterocycles. The molecular formula is C20H22N2O8. The van der Waals surface area contributed by atoms with Gasteiger partial charge in [-0.05, 0) is 32.0 Å². The molecule has 0 aliphatic carbocycles. The molecule has 0 bridgehead atoms. The number of nitrogens with one attached hydrogen (secondary N) is 2. The average molecular weight is 418 g/mol. The Kier molecular flexibility index (Phi) is 7.29. The van der Waals surface area contributed by atoms with Gasteiger partial charge in [0.1, 0.15) is 0 Å². The zero-order valence-electron chi connectivity index (χ0n) is 17.0. The maximum atomic E-state index is 12.9. The number of ether oxygens (including phenoxy) is 3. The molecule has 2 N–H and O–H groups in total. The molecule has 30 heavy (non-hydrogen) atoms. The van der Waals surface area contributed by atoms with Gasteiger partial charge in [0.2, 0.25) is 11.8 Å². The van der Waals surface area contributed by atoms with E-state index in [0.717, 1.165) is 0 Å². The maximum Gasteiger partial charge on any atom is 0.337 e. The number of anilines is 1. The predicted molar refractivity (Wildman–Crippen MR) is 103 cm³/mol. The number of carbonyl (C=O) groups is 5. The molecule has 160 valence electrons. The van der Waals surface area contributed by atoms with Crippen LogP contribution in [0.2, 0.25) is 0 Å². The van der Waals surface area contributed by atoms with Gasteiger partial charge in [-0.15, -0.1) is 0 Å². The molecule has 10 heteroatoms. The number of hydrogen-bond acceptors (Lipinski definition) is 8. The van der Waals surface area contributed by atoms with E-state index in [2.05, 4.69) is 20.1 Å². The van der Waals surface area contributed by atoms with Crippen molar-refractivity contribution in [2.75, 3.05) is 26.1 Å². The first kappa shape index (κ1) is 22.6. The van der Waals surface area contributed by atoms with E-state index in [1.54, 1.807) is 6.92 Å². The molecule has 2 amide bonds. The van der Waals surface area contributed by atoms with Gasteiger partial charge in [0.25, 0.3) is 0 Å². The van der Waals surface area contributed by atoms with E-state index in [1.165, 1.54) is 39.3 Å². The summed E-state index contributed by atoms with van der Waals surface area (Å²) in [5.41, 5.74) is 0.369. The Morgan fingerprint density at radius 1 is 1.03 bits per heavy atom. The van der Waals surface area contributed by atoms with Crippen molar-refractivity contribution in [3.63, 3.8) is 0 Å². The molecule has 0 unspecified atom stereocenters. The number of hydrogen-bond donors (Lipinski definition) is 2. The highest BCUT2D eigenvalue weighted by Crippen LogP contribution is 2.26. The van der Waals surface area contributed by atoms with Crippen LogP contribution in [0.5, 0.6) is 0 Å². The van der Waals surface area contributed by atoms with E-state index in [-0.39, 0.29) is 41.1 Å². The van der Waals surface area contributed by atoms with E-state index in [1.807, 2.05) is 0 Å². The highest BCUT2D eigenvalue weighted by atomic mass is 16.5. The van der Waals surface area contributed by atoms with Crippen molar-refractivity contribution in [1.82, 2.24) is 5.32 Å². The zero-order valence-corrected chi connectivity index (χ0v) is 17.0. The minimum absolute atomic E-state index is 0.00873. The minimum atomic E-state index is -1.11. The lowest BCUT2D eigenvalue weighted by Gasteiger charge is -2.25. The molecule has 0 radical (unpaired) electrons. The average Bonchev–Trinajstić information content (AvgIpc) is 2.71. The van der Waals surface area contributed by atoms with Gasteiger partial charge < -0.3 is 24.8 Å². The topological polar surface area (TPSA) is 137 Å². The SMILES string of the molecule is CCOC(=O)C1=C(C)NC(=O)C[C@@H]1C(=O)Nc1cc(C(=O)OC)cc(C(=O)OC)c1. The van der Waals surface area contributed by atoms with E-state index >= 15 is 0 Å². The summed E-state index contributed by atoms with van der Waals surface area (Å²) in [7, 11) is 2.34. The Morgan fingerprint density at radius 2 is 1.60 bits per heavy atom. The van der Waals surface area contributed by atoms with Crippen LogP contribution in [0, 0.1) is 5.92 Å². The fourth-order valence-electron chi connectivity index (χ4n) is 3.00. The lowest BCUT2D eigenvalue weighted by molar-refractivity contribution is -0.141. The van der Waals surface area contributed by atoms with E-state index < -0.39 is 35.6 Å². The van der Waals surface area contributed by atoms with Crippen molar-refractivity contribution in [2.24, 2.45) is 5.92 Å². The third-order valence-electron chi connectivity index (χ3n) is 4.32. The number of methoxy groups -OCH3 is 2. The Labute approximate surface area is 172 Å². The Hall–Kier alpha value is -3.69. The van der Waals surface area contributed by atoms with Gasteiger partial charge in [-0.2, -0.15) is 0 Å². The molecule has 1 heterocycles. The van der Waals surface area contributed by atoms with Crippen LogP contribution in [0.15, 0.2) is 29.5 Å². The second-order valence-electron chi connectivity index (χ2n) is 6.34. The van der Waals surface area contributed by atoms with Gasteiger partial charge in [-0.25, -0.2) is 14.4 Å². The monoisotopic (exact) mass is 418 g/mol. The maximum absolute atomic E-state index is 12.9. The van der Waals surface area contributed by atoms with Gasteiger partial charge in [-0.3, -0.25) is 9.59 Å². The molecule has 10 nitrogen and oxygen atoms in total. The summed E-state index contributed by atoms with van der Waals surface area (Å²) >= 11 is 0. The second-order valence-corrected chi connectivity index (χ2v) is 6.34. The second kappa shape index (κ2) is 9.68. The van der Waals surface area contributed by atoms with Gasteiger partial charge in [0, 0.05) is 17.8 Å². The van der Waals surface area contributed by atoms with Crippen molar-refractivity contribution in [3.05, 3.63) is 40.6 Å². The molecule has 1 aromatic carbocycles. The summed E-state index contributed by atoms with van der Waals surface area (Å²) in [6.07, 6.45) is -0.266. The quantitative estimate of drug-likeness (QED) is 0.519. The van der Waals surface area contributed by atoms with Crippen molar-refractivity contribution < 1.29 is 38.2 Å². The van der Waals surface area contributed by atoms with Crippen molar-refractivity contribution in [2.45, 2.75) is 20.3 Å². The van der Waals surface area contributed by atoms with Crippen LogP contribution in [0.4, 0.5) is 5.69 Å². The third-order valence-corrected chi connectivity index (χ3v) is 4.32. The first-order valence-electron chi connectivity index (χ1n) is 9.02. The van der Waals surface area contributed by atoms with Crippen LogP contribution in [0.1, 0.15) is 41.0 Å². The smallest absolute Gasteiger partial charge is 0.337 e. The van der Waals surface area contributed by atoms with Crippen molar-refractivity contribution in [1.29, 1.82) is 0 Å². The Morgan fingerprint density at radius 3 is 2.10 bits per heavy atom. The van der Waals surface area contributed by atoms with Crippen LogP contribution in [0.25, 0.3) is 0 Å².